The van der Waals surface area contributed by atoms with Gasteiger partial charge in [0.05, 0.1) is 31.2 Å². The molecule has 8 atom stereocenters. The first-order valence-corrected chi connectivity index (χ1v) is 19.9. The summed E-state index contributed by atoms with van der Waals surface area (Å²) in [5.41, 5.74) is -1.45. The van der Waals surface area contributed by atoms with Gasteiger partial charge < -0.3 is 0 Å². The van der Waals surface area contributed by atoms with E-state index in [1.165, 1.54) is 0 Å². The normalized spacial score (nSPS) is 40.1. The van der Waals surface area contributed by atoms with Crippen molar-refractivity contribution in [1.82, 2.24) is 0 Å². The van der Waals surface area contributed by atoms with Crippen LogP contribution in [0, 0.1) is 49.2 Å². The summed E-state index contributed by atoms with van der Waals surface area (Å²) >= 11 is 0. The van der Waals surface area contributed by atoms with Crippen molar-refractivity contribution >= 4 is 30.4 Å². The standard InChI is InChI=1S/C43H65N5O5/c1-36(2)13-33(46-29-51)16-39(7,19-36)10-32-11-42(25-44-27-49,22-40(8)17-34(47-30-52)14-37(3,4)20-40)24-43(12-32,26-45-28-50)23-41(9)18-35(48-31-53)15-38(5,6)21-41/h32-35H,10-26H2,1-9H3. The fourth-order valence-corrected chi connectivity index (χ4v) is 14.6. The Kier molecular flexibility index (Phi) is 12.8. The molecule has 0 bridgehead atoms. The minimum absolute atomic E-state index is 0.00494. The number of nitrogens with zero attached hydrogens (tertiary/aromatic N) is 5. The second kappa shape index (κ2) is 15.9. The van der Waals surface area contributed by atoms with E-state index < -0.39 is 10.8 Å². The molecule has 8 unspecified atom stereocenters. The largest absolute Gasteiger partial charge is 0.235 e. The van der Waals surface area contributed by atoms with Gasteiger partial charge in [0, 0.05) is 0 Å². The topological polar surface area (TPSA) is 147 Å². The van der Waals surface area contributed by atoms with Crippen LogP contribution in [0.2, 0.25) is 0 Å². The molecule has 0 aromatic heterocycles. The predicted octanol–water partition coefficient (Wildman–Crippen LogP) is 9.36. The number of aliphatic imine (C=N–C) groups is 5. The molecule has 0 amide bonds. The highest BCUT2D eigenvalue weighted by Gasteiger charge is 2.56. The van der Waals surface area contributed by atoms with Crippen molar-refractivity contribution in [2.45, 2.75) is 177 Å². The van der Waals surface area contributed by atoms with E-state index in [9.17, 15) is 24.0 Å². The van der Waals surface area contributed by atoms with Crippen LogP contribution in [-0.2, 0) is 24.0 Å². The first-order valence-electron chi connectivity index (χ1n) is 19.9. The van der Waals surface area contributed by atoms with E-state index in [0.717, 1.165) is 96.3 Å². The van der Waals surface area contributed by atoms with Crippen LogP contribution in [0.5, 0.6) is 0 Å². The van der Waals surface area contributed by atoms with Crippen LogP contribution in [0.4, 0.5) is 0 Å². The average molecular weight is 732 g/mol. The lowest BCUT2D eigenvalue weighted by Crippen LogP contribution is -2.51. The van der Waals surface area contributed by atoms with Gasteiger partial charge in [-0.05, 0) is 146 Å². The number of isocyanates is 5. The third kappa shape index (κ3) is 11.5. The lowest BCUT2D eigenvalue weighted by Gasteiger charge is -2.58. The molecule has 4 aliphatic carbocycles. The Morgan fingerprint density at radius 1 is 0.434 bits per heavy atom. The van der Waals surface area contributed by atoms with E-state index in [1.807, 2.05) is 30.4 Å². The molecule has 4 rings (SSSR count). The average Bonchev–Trinajstić information content (AvgIpc) is 2.95. The molecule has 4 saturated carbocycles. The van der Waals surface area contributed by atoms with Crippen molar-refractivity contribution in [3.05, 3.63) is 0 Å². The van der Waals surface area contributed by atoms with E-state index in [4.69, 9.17) is 0 Å². The Balaban J connectivity index is 1.87. The lowest BCUT2D eigenvalue weighted by molar-refractivity contribution is -0.0695. The number of carbonyl (C=O) groups excluding carboxylic acids is 5. The maximum Gasteiger partial charge on any atom is 0.235 e. The number of hydrogen-bond acceptors (Lipinski definition) is 10. The molecule has 4 aliphatic rings. The third-order valence-corrected chi connectivity index (χ3v) is 13.5. The maximum absolute atomic E-state index is 12.0. The summed E-state index contributed by atoms with van der Waals surface area (Å²) in [4.78, 5) is 80.0. The van der Waals surface area contributed by atoms with Gasteiger partial charge in [-0.3, -0.25) is 0 Å². The molecule has 53 heavy (non-hydrogen) atoms. The summed E-state index contributed by atoms with van der Waals surface area (Å²) < 4.78 is 0. The second-order valence-electron chi connectivity index (χ2n) is 22.1. The minimum atomic E-state index is -0.419. The van der Waals surface area contributed by atoms with Gasteiger partial charge in [-0.15, -0.1) is 0 Å². The molecule has 0 heterocycles. The smallest absolute Gasteiger partial charge is 0.211 e. The molecule has 0 aliphatic heterocycles. The van der Waals surface area contributed by atoms with Crippen LogP contribution >= 0.6 is 0 Å². The molecule has 0 aromatic carbocycles. The highest BCUT2D eigenvalue weighted by molar-refractivity contribution is 5.35. The lowest BCUT2D eigenvalue weighted by atomic mass is 9.47. The van der Waals surface area contributed by atoms with Gasteiger partial charge >= 0.3 is 0 Å². The first-order chi connectivity index (χ1) is 24.6. The SMILES string of the molecule is CC1(C)CC(N=C=O)CC(C)(CC2CC(CN=C=O)(CC3(C)CC(N=C=O)CC(C)(C)C3)CC(CN=C=O)(CC3(C)CC(N=C=O)CC(C)(C)C3)C2)C1. The Labute approximate surface area is 317 Å². The van der Waals surface area contributed by atoms with Crippen LogP contribution in [0.3, 0.4) is 0 Å². The van der Waals surface area contributed by atoms with E-state index in [-0.39, 0.29) is 56.5 Å². The molecular formula is C43H65N5O5. The van der Waals surface area contributed by atoms with E-state index in [0.29, 0.717) is 13.1 Å². The Morgan fingerprint density at radius 3 is 1.11 bits per heavy atom. The quantitative estimate of drug-likeness (QED) is 0.137. The fraction of sp³-hybridized carbons (Fsp3) is 0.884. The third-order valence-electron chi connectivity index (χ3n) is 13.5. The summed E-state index contributed by atoms with van der Waals surface area (Å²) in [6.07, 6.45) is 21.8. The zero-order chi connectivity index (χ0) is 39.4. The van der Waals surface area contributed by atoms with Gasteiger partial charge in [0.1, 0.15) is 0 Å². The van der Waals surface area contributed by atoms with Gasteiger partial charge in [-0.1, -0.05) is 62.3 Å². The van der Waals surface area contributed by atoms with E-state index in [1.54, 1.807) is 0 Å². The molecule has 10 heteroatoms. The Bertz CT molecular complexity index is 1500. The van der Waals surface area contributed by atoms with Crippen LogP contribution in [-0.4, -0.2) is 61.6 Å². The van der Waals surface area contributed by atoms with Gasteiger partial charge in [-0.25, -0.2) is 48.9 Å². The van der Waals surface area contributed by atoms with Crippen molar-refractivity contribution in [2.24, 2.45) is 74.2 Å². The molecule has 292 valence electrons. The predicted molar refractivity (Wildman–Crippen MR) is 205 cm³/mol. The van der Waals surface area contributed by atoms with Crippen molar-refractivity contribution in [3.63, 3.8) is 0 Å². The van der Waals surface area contributed by atoms with Crippen molar-refractivity contribution in [2.75, 3.05) is 13.1 Å². The zero-order valence-corrected chi connectivity index (χ0v) is 34.1. The highest BCUT2D eigenvalue weighted by atomic mass is 16.1. The van der Waals surface area contributed by atoms with Crippen LogP contribution in [0.1, 0.15) is 159 Å². The zero-order valence-electron chi connectivity index (χ0n) is 34.1. The number of hydrogen-bond donors (Lipinski definition) is 0. The highest BCUT2D eigenvalue weighted by Crippen LogP contribution is 2.64. The fourth-order valence-electron chi connectivity index (χ4n) is 14.6. The molecule has 0 aromatic rings. The van der Waals surface area contributed by atoms with E-state index >= 15 is 0 Å². The van der Waals surface area contributed by atoms with Crippen molar-refractivity contribution in [1.29, 1.82) is 0 Å². The second-order valence-corrected chi connectivity index (χ2v) is 22.1. The van der Waals surface area contributed by atoms with Crippen LogP contribution in [0.25, 0.3) is 0 Å². The molecule has 0 spiro atoms. The van der Waals surface area contributed by atoms with Gasteiger partial charge in [-0.2, -0.15) is 0 Å². The Morgan fingerprint density at radius 2 is 0.774 bits per heavy atom. The molecule has 10 nitrogen and oxygen atoms in total. The van der Waals surface area contributed by atoms with Gasteiger partial charge in [0.2, 0.25) is 30.4 Å². The van der Waals surface area contributed by atoms with Crippen molar-refractivity contribution < 1.29 is 24.0 Å². The van der Waals surface area contributed by atoms with Gasteiger partial charge in [0.25, 0.3) is 0 Å². The summed E-state index contributed by atoms with van der Waals surface area (Å²) in [5, 5.41) is 0. The van der Waals surface area contributed by atoms with Crippen molar-refractivity contribution in [3.8, 4) is 0 Å². The van der Waals surface area contributed by atoms with Crippen LogP contribution < -0.4 is 0 Å². The monoisotopic (exact) mass is 731 g/mol. The van der Waals surface area contributed by atoms with Gasteiger partial charge in [0.15, 0.2) is 0 Å². The minimum Gasteiger partial charge on any atom is -0.211 e. The molecule has 0 radical (unpaired) electrons. The first kappa shape index (κ1) is 42.6. The molecule has 4 fully saturated rings. The summed E-state index contributed by atoms with van der Waals surface area (Å²) in [7, 11) is 0. The maximum atomic E-state index is 12.0. The van der Waals surface area contributed by atoms with Crippen LogP contribution in [0.15, 0.2) is 25.0 Å². The molecule has 0 saturated heterocycles. The molecular weight excluding hydrogens is 667 g/mol. The summed E-state index contributed by atoms with van der Waals surface area (Å²) in [6.45, 7) is 21.1. The Hall–Kier alpha value is -3.10. The van der Waals surface area contributed by atoms with E-state index in [2.05, 4.69) is 87.3 Å². The summed E-state index contributed by atoms with van der Waals surface area (Å²) in [5.74, 6) is 0.209. The summed E-state index contributed by atoms with van der Waals surface area (Å²) in [6, 6.07) is -0.348. The number of rotatable bonds is 13. The molecule has 0 N–H and O–H groups in total.